The lowest BCUT2D eigenvalue weighted by Crippen LogP contribution is -2.31. The third-order valence-electron chi connectivity index (χ3n) is 4.31. The summed E-state index contributed by atoms with van der Waals surface area (Å²) in [5.74, 6) is -1.20. The standard InChI is InChI=1S/C18H13NO6/c1-23-12-7-9-8-25-18(22)13(9)14(15(12)24-2)19-16(20)10-5-3-4-6-11(10)17(19)21/h3-7H,8H2,1-2H3. The van der Waals surface area contributed by atoms with Crippen molar-refractivity contribution in [3.63, 3.8) is 0 Å². The maximum atomic E-state index is 12.8. The molecule has 126 valence electrons. The molecule has 0 aromatic heterocycles. The Morgan fingerprint density at radius 3 is 2.20 bits per heavy atom. The Kier molecular flexibility index (Phi) is 3.24. The lowest BCUT2D eigenvalue weighted by Gasteiger charge is -2.21. The first kappa shape index (κ1) is 15.2. The molecule has 2 aliphatic rings. The van der Waals surface area contributed by atoms with E-state index in [1.54, 1.807) is 30.3 Å². The van der Waals surface area contributed by atoms with Crippen LogP contribution in [0.15, 0.2) is 30.3 Å². The first-order chi connectivity index (χ1) is 12.1. The van der Waals surface area contributed by atoms with E-state index in [1.807, 2.05) is 0 Å². The van der Waals surface area contributed by atoms with E-state index in [9.17, 15) is 14.4 Å². The van der Waals surface area contributed by atoms with Crippen LogP contribution in [0, 0.1) is 0 Å². The third-order valence-corrected chi connectivity index (χ3v) is 4.31. The molecule has 2 aromatic carbocycles. The maximum Gasteiger partial charge on any atom is 0.341 e. The molecule has 7 nitrogen and oxygen atoms in total. The molecule has 0 saturated heterocycles. The molecular formula is C18H13NO6. The van der Waals surface area contributed by atoms with Gasteiger partial charge in [-0.3, -0.25) is 9.59 Å². The van der Waals surface area contributed by atoms with E-state index in [0.29, 0.717) is 11.3 Å². The van der Waals surface area contributed by atoms with Gasteiger partial charge in [0.05, 0.1) is 30.9 Å². The molecule has 0 aliphatic carbocycles. The van der Waals surface area contributed by atoms with Crippen LogP contribution in [-0.2, 0) is 11.3 Å². The summed E-state index contributed by atoms with van der Waals surface area (Å²) in [5.41, 5.74) is 1.29. The van der Waals surface area contributed by atoms with Gasteiger partial charge in [0.25, 0.3) is 11.8 Å². The summed E-state index contributed by atoms with van der Waals surface area (Å²) in [6, 6.07) is 8.10. The van der Waals surface area contributed by atoms with E-state index in [0.717, 1.165) is 4.90 Å². The van der Waals surface area contributed by atoms with E-state index in [2.05, 4.69) is 0 Å². The number of fused-ring (bicyclic) bond motifs is 2. The SMILES string of the molecule is COc1cc2c(c(N3C(=O)c4ccccc4C3=O)c1OC)C(=O)OC2. The number of rotatable bonds is 3. The Morgan fingerprint density at radius 1 is 1.00 bits per heavy atom. The minimum atomic E-state index is -0.609. The van der Waals surface area contributed by atoms with Crippen molar-refractivity contribution >= 4 is 23.5 Å². The Balaban J connectivity index is 2.01. The van der Waals surface area contributed by atoms with Gasteiger partial charge in [-0.1, -0.05) is 12.1 Å². The van der Waals surface area contributed by atoms with Crippen molar-refractivity contribution in [2.75, 3.05) is 19.1 Å². The Hall–Kier alpha value is -3.35. The van der Waals surface area contributed by atoms with E-state index in [4.69, 9.17) is 14.2 Å². The molecule has 0 bridgehead atoms. The molecule has 0 radical (unpaired) electrons. The van der Waals surface area contributed by atoms with Crippen molar-refractivity contribution in [1.29, 1.82) is 0 Å². The molecule has 0 atom stereocenters. The van der Waals surface area contributed by atoms with Crippen LogP contribution >= 0.6 is 0 Å². The van der Waals surface area contributed by atoms with E-state index in [-0.39, 0.29) is 34.7 Å². The topological polar surface area (TPSA) is 82.1 Å². The minimum Gasteiger partial charge on any atom is -0.493 e. The molecule has 2 aromatic rings. The normalized spacial score (nSPS) is 15.1. The van der Waals surface area contributed by atoms with E-state index < -0.39 is 17.8 Å². The number of benzene rings is 2. The number of carbonyl (C=O) groups excluding carboxylic acids is 3. The predicted molar refractivity (Wildman–Crippen MR) is 86.2 cm³/mol. The van der Waals surface area contributed by atoms with Gasteiger partial charge in [-0.25, -0.2) is 9.69 Å². The van der Waals surface area contributed by atoms with Gasteiger partial charge in [-0.05, 0) is 18.2 Å². The zero-order valence-corrected chi connectivity index (χ0v) is 13.5. The molecule has 0 N–H and O–H groups in total. The molecule has 2 aliphatic heterocycles. The van der Waals surface area contributed by atoms with Crippen LogP contribution in [0.1, 0.15) is 36.6 Å². The second-order valence-electron chi connectivity index (χ2n) is 5.56. The summed E-state index contributed by atoms with van der Waals surface area (Å²) in [6.45, 7) is 0.0463. The molecule has 2 amide bonds. The largest absolute Gasteiger partial charge is 0.493 e. The van der Waals surface area contributed by atoms with Crippen molar-refractivity contribution in [3.8, 4) is 11.5 Å². The van der Waals surface area contributed by atoms with Gasteiger partial charge < -0.3 is 14.2 Å². The highest BCUT2D eigenvalue weighted by molar-refractivity contribution is 6.36. The first-order valence-corrected chi connectivity index (χ1v) is 7.51. The van der Waals surface area contributed by atoms with Crippen LogP contribution in [0.25, 0.3) is 0 Å². The van der Waals surface area contributed by atoms with Gasteiger partial charge in [0, 0.05) is 5.56 Å². The fourth-order valence-corrected chi connectivity index (χ4v) is 3.19. The first-order valence-electron chi connectivity index (χ1n) is 7.51. The number of hydrogen-bond acceptors (Lipinski definition) is 6. The van der Waals surface area contributed by atoms with E-state index >= 15 is 0 Å². The lowest BCUT2D eigenvalue weighted by molar-refractivity contribution is 0.0535. The molecule has 0 fully saturated rings. The van der Waals surface area contributed by atoms with Gasteiger partial charge in [-0.2, -0.15) is 0 Å². The molecule has 0 spiro atoms. The lowest BCUT2D eigenvalue weighted by atomic mass is 10.0. The average molecular weight is 339 g/mol. The Labute approximate surface area is 142 Å². The summed E-state index contributed by atoms with van der Waals surface area (Å²) in [5, 5.41) is 0. The van der Waals surface area contributed by atoms with Gasteiger partial charge in [-0.15, -0.1) is 0 Å². The van der Waals surface area contributed by atoms with Crippen LogP contribution < -0.4 is 14.4 Å². The molecule has 2 heterocycles. The monoisotopic (exact) mass is 339 g/mol. The van der Waals surface area contributed by atoms with Crippen LogP contribution in [-0.4, -0.2) is 32.0 Å². The fraction of sp³-hybridized carbons (Fsp3) is 0.167. The number of cyclic esters (lactones) is 1. The van der Waals surface area contributed by atoms with Crippen LogP contribution in [0.5, 0.6) is 11.5 Å². The van der Waals surface area contributed by atoms with Crippen LogP contribution in [0.4, 0.5) is 5.69 Å². The molecule has 25 heavy (non-hydrogen) atoms. The Morgan fingerprint density at radius 2 is 1.64 bits per heavy atom. The summed E-state index contributed by atoms with van der Waals surface area (Å²) < 4.78 is 15.7. The smallest absolute Gasteiger partial charge is 0.341 e. The number of hydrogen-bond donors (Lipinski definition) is 0. The molecule has 4 rings (SSSR count). The summed E-state index contributed by atoms with van der Waals surface area (Å²) >= 11 is 0. The van der Waals surface area contributed by atoms with Crippen molar-refractivity contribution in [2.45, 2.75) is 6.61 Å². The summed E-state index contributed by atoms with van der Waals surface area (Å²) in [7, 11) is 2.82. The van der Waals surface area contributed by atoms with Crippen molar-refractivity contribution in [3.05, 3.63) is 52.6 Å². The zero-order valence-electron chi connectivity index (χ0n) is 13.5. The number of imide groups is 1. The van der Waals surface area contributed by atoms with Crippen molar-refractivity contribution < 1.29 is 28.6 Å². The number of anilines is 1. The molecular weight excluding hydrogens is 326 g/mol. The fourth-order valence-electron chi connectivity index (χ4n) is 3.19. The van der Waals surface area contributed by atoms with Gasteiger partial charge in [0.1, 0.15) is 12.3 Å². The molecule has 0 saturated carbocycles. The summed E-state index contributed by atoms with van der Waals surface area (Å²) in [4.78, 5) is 38.9. The molecule has 0 unspecified atom stereocenters. The van der Waals surface area contributed by atoms with Gasteiger partial charge in [0.2, 0.25) is 0 Å². The Bertz CT molecular complexity index is 914. The van der Waals surface area contributed by atoms with Gasteiger partial charge >= 0.3 is 5.97 Å². The zero-order chi connectivity index (χ0) is 17.7. The van der Waals surface area contributed by atoms with Crippen LogP contribution in [0.3, 0.4) is 0 Å². The van der Waals surface area contributed by atoms with Crippen LogP contribution in [0.2, 0.25) is 0 Å². The average Bonchev–Trinajstić information content (AvgIpc) is 3.12. The highest BCUT2D eigenvalue weighted by atomic mass is 16.5. The predicted octanol–water partition coefficient (Wildman–Crippen LogP) is 2.17. The maximum absolute atomic E-state index is 12.8. The number of amides is 2. The number of carbonyl (C=O) groups is 3. The van der Waals surface area contributed by atoms with Gasteiger partial charge in [0.15, 0.2) is 11.5 Å². The highest BCUT2D eigenvalue weighted by Crippen LogP contribution is 2.47. The summed E-state index contributed by atoms with van der Waals surface area (Å²) in [6.07, 6.45) is 0. The second-order valence-corrected chi connectivity index (χ2v) is 5.56. The number of ether oxygens (including phenoxy) is 3. The number of nitrogens with zero attached hydrogens (tertiary/aromatic N) is 1. The van der Waals surface area contributed by atoms with Crippen molar-refractivity contribution in [1.82, 2.24) is 0 Å². The number of esters is 1. The number of methoxy groups -OCH3 is 2. The van der Waals surface area contributed by atoms with E-state index in [1.165, 1.54) is 14.2 Å². The second kappa shape index (κ2) is 5.34. The quantitative estimate of drug-likeness (QED) is 0.630. The minimum absolute atomic E-state index is 0.0463. The highest BCUT2D eigenvalue weighted by Gasteiger charge is 2.43. The van der Waals surface area contributed by atoms with Crippen molar-refractivity contribution in [2.24, 2.45) is 0 Å². The molecule has 7 heteroatoms. The third kappa shape index (κ3) is 1.95.